The second-order valence-electron chi connectivity index (χ2n) is 6.72. The summed E-state index contributed by atoms with van der Waals surface area (Å²) in [4.78, 5) is 15.0. The summed E-state index contributed by atoms with van der Waals surface area (Å²) in [5, 5.41) is 11.5. The number of aliphatic carboxylic acids is 1. The first-order chi connectivity index (χ1) is 13.2. The molecule has 1 aliphatic rings. The van der Waals surface area contributed by atoms with E-state index < -0.39 is 11.9 Å². The van der Waals surface area contributed by atoms with Crippen LogP contribution in [0.3, 0.4) is 0 Å². The Hall–Kier alpha value is -2.05. The van der Waals surface area contributed by atoms with Crippen molar-refractivity contribution in [2.24, 2.45) is 0 Å². The van der Waals surface area contributed by atoms with Crippen molar-refractivity contribution < 1.29 is 19.4 Å². The minimum Gasteiger partial charge on any atom is -0.490 e. The first kappa shape index (κ1) is 19.7. The number of likely N-dealkylation sites (tertiary alicyclic amines) is 1. The van der Waals surface area contributed by atoms with E-state index in [0.717, 1.165) is 35.8 Å². The fourth-order valence-electron chi connectivity index (χ4n) is 3.39. The van der Waals surface area contributed by atoms with Crippen LogP contribution in [-0.2, 0) is 11.2 Å². The zero-order valence-electron chi connectivity index (χ0n) is 15.7. The topological polar surface area (TPSA) is 59.0 Å². The molecule has 0 aliphatic carbocycles. The number of hydrogen-bond acceptors (Lipinski definition) is 5. The number of nitrogens with zero attached hydrogens (tertiary/aromatic N) is 1. The Morgan fingerprint density at radius 3 is 2.70 bits per heavy atom. The summed E-state index contributed by atoms with van der Waals surface area (Å²) >= 11 is 1.48. The molecule has 1 fully saturated rings. The zero-order chi connectivity index (χ0) is 19.1. The Morgan fingerprint density at radius 1 is 1.22 bits per heavy atom. The average molecular weight is 390 g/mol. The highest BCUT2D eigenvalue weighted by atomic mass is 32.1. The third kappa shape index (κ3) is 5.47. The minimum absolute atomic E-state index is 0.435. The second kappa shape index (κ2) is 9.76. The fraction of sp³-hybridized carbons (Fsp3) is 0.476. The summed E-state index contributed by atoms with van der Waals surface area (Å²) in [5.74, 6) is 0.0669. The molecule has 3 rings (SSSR count). The van der Waals surface area contributed by atoms with Gasteiger partial charge in [-0.25, -0.2) is 0 Å². The summed E-state index contributed by atoms with van der Waals surface area (Å²) in [6.45, 7) is 6.34. The Balaban J connectivity index is 1.67. The van der Waals surface area contributed by atoms with Gasteiger partial charge >= 0.3 is 5.97 Å². The third-order valence-corrected chi connectivity index (χ3v) is 5.78. The van der Waals surface area contributed by atoms with Gasteiger partial charge in [0.05, 0.1) is 12.5 Å². The van der Waals surface area contributed by atoms with Gasteiger partial charge in [0.2, 0.25) is 0 Å². The van der Waals surface area contributed by atoms with Crippen molar-refractivity contribution >= 4 is 17.3 Å². The number of hydrogen-bond donors (Lipinski definition) is 1. The molecule has 0 spiro atoms. The lowest BCUT2D eigenvalue weighted by Gasteiger charge is -2.18. The van der Waals surface area contributed by atoms with E-state index in [4.69, 9.17) is 9.47 Å². The van der Waals surface area contributed by atoms with Crippen LogP contribution in [0.15, 0.2) is 35.7 Å². The smallest absolute Gasteiger partial charge is 0.312 e. The van der Waals surface area contributed by atoms with Crippen molar-refractivity contribution in [3.63, 3.8) is 0 Å². The first-order valence-corrected chi connectivity index (χ1v) is 10.4. The number of benzene rings is 1. The Bertz CT molecular complexity index is 726. The molecule has 146 valence electrons. The molecule has 6 heteroatoms. The molecule has 1 atom stereocenters. The number of carboxylic acid groups (broad SMARTS) is 1. The normalized spacial score (nSPS) is 15.6. The quantitative estimate of drug-likeness (QED) is 0.665. The summed E-state index contributed by atoms with van der Waals surface area (Å²) < 4.78 is 11.7. The first-order valence-electron chi connectivity index (χ1n) is 9.54. The highest BCUT2D eigenvalue weighted by molar-refractivity contribution is 7.10. The maximum Gasteiger partial charge on any atom is 0.312 e. The van der Waals surface area contributed by atoms with Gasteiger partial charge in [0.1, 0.15) is 6.61 Å². The monoisotopic (exact) mass is 389 g/mol. The predicted molar refractivity (Wildman–Crippen MR) is 107 cm³/mol. The fourth-order valence-corrected chi connectivity index (χ4v) is 4.21. The van der Waals surface area contributed by atoms with Crippen LogP contribution in [0.25, 0.3) is 0 Å². The van der Waals surface area contributed by atoms with Crippen molar-refractivity contribution in [1.29, 1.82) is 0 Å². The predicted octanol–water partition coefficient (Wildman–Crippen LogP) is 4.03. The van der Waals surface area contributed by atoms with Gasteiger partial charge in [0.15, 0.2) is 11.5 Å². The molecule has 27 heavy (non-hydrogen) atoms. The molecule has 0 saturated carbocycles. The Morgan fingerprint density at radius 2 is 2.04 bits per heavy atom. The largest absolute Gasteiger partial charge is 0.490 e. The van der Waals surface area contributed by atoms with E-state index in [1.54, 1.807) is 0 Å². The van der Waals surface area contributed by atoms with Crippen LogP contribution < -0.4 is 9.47 Å². The Labute approximate surface area is 164 Å². The van der Waals surface area contributed by atoms with Crippen LogP contribution in [0.1, 0.15) is 36.1 Å². The van der Waals surface area contributed by atoms with Crippen LogP contribution in [0.4, 0.5) is 0 Å². The molecule has 1 N–H and O–H groups in total. The second-order valence-corrected chi connectivity index (χ2v) is 7.70. The molecule has 1 aromatic carbocycles. The maximum absolute atomic E-state index is 11.7. The van der Waals surface area contributed by atoms with E-state index in [0.29, 0.717) is 25.4 Å². The van der Waals surface area contributed by atoms with E-state index >= 15 is 0 Å². The highest BCUT2D eigenvalue weighted by Gasteiger charge is 2.22. The molecule has 1 saturated heterocycles. The standard InChI is InChI=1S/C21H27NO4S/c1-2-25-19-15-16(14-17(21(23)24)20-6-5-13-27-20)7-8-18(19)26-12-11-22-9-3-4-10-22/h5-8,13,15,17H,2-4,9-12,14H2,1H3,(H,23,24). The van der Waals surface area contributed by atoms with Gasteiger partial charge < -0.3 is 14.6 Å². The molecular weight excluding hydrogens is 362 g/mol. The van der Waals surface area contributed by atoms with Crippen molar-refractivity contribution in [2.45, 2.75) is 32.1 Å². The maximum atomic E-state index is 11.7. The molecule has 5 nitrogen and oxygen atoms in total. The van der Waals surface area contributed by atoms with Gasteiger partial charge in [0.25, 0.3) is 0 Å². The summed E-state index contributed by atoms with van der Waals surface area (Å²) in [7, 11) is 0. The summed E-state index contributed by atoms with van der Waals surface area (Å²) in [6.07, 6.45) is 2.98. The Kier molecular flexibility index (Phi) is 7.12. The SMILES string of the molecule is CCOc1cc(CC(C(=O)O)c2cccs2)ccc1OCCN1CCCC1. The molecule has 1 aromatic heterocycles. The van der Waals surface area contributed by atoms with Crippen molar-refractivity contribution in [3.8, 4) is 11.5 Å². The third-order valence-electron chi connectivity index (χ3n) is 4.80. The summed E-state index contributed by atoms with van der Waals surface area (Å²) in [5.41, 5.74) is 0.936. The van der Waals surface area contributed by atoms with E-state index in [-0.39, 0.29) is 0 Å². The zero-order valence-corrected chi connectivity index (χ0v) is 16.5. The van der Waals surface area contributed by atoms with E-state index in [1.807, 2.05) is 42.6 Å². The molecule has 0 amide bonds. The van der Waals surface area contributed by atoms with Gasteiger partial charge in [-0.2, -0.15) is 0 Å². The van der Waals surface area contributed by atoms with Crippen LogP contribution in [0.2, 0.25) is 0 Å². The number of carbonyl (C=O) groups is 1. The summed E-state index contributed by atoms with van der Waals surface area (Å²) in [6, 6.07) is 9.52. The molecular formula is C21H27NO4S. The van der Waals surface area contributed by atoms with Gasteiger partial charge in [-0.05, 0) is 68.4 Å². The van der Waals surface area contributed by atoms with Crippen LogP contribution in [0.5, 0.6) is 11.5 Å². The lowest BCUT2D eigenvalue weighted by molar-refractivity contribution is -0.138. The number of ether oxygens (including phenoxy) is 2. The van der Waals surface area contributed by atoms with Gasteiger partial charge in [-0.1, -0.05) is 12.1 Å². The molecule has 0 bridgehead atoms. The van der Waals surface area contributed by atoms with E-state index in [1.165, 1.54) is 24.2 Å². The molecule has 2 heterocycles. The van der Waals surface area contributed by atoms with Gasteiger partial charge in [-0.15, -0.1) is 11.3 Å². The lowest BCUT2D eigenvalue weighted by Crippen LogP contribution is -2.25. The van der Waals surface area contributed by atoms with E-state index in [2.05, 4.69) is 4.90 Å². The average Bonchev–Trinajstić information content (AvgIpc) is 3.35. The van der Waals surface area contributed by atoms with Gasteiger partial charge in [-0.3, -0.25) is 9.69 Å². The van der Waals surface area contributed by atoms with Crippen molar-refractivity contribution in [3.05, 3.63) is 46.2 Å². The van der Waals surface area contributed by atoms with Crippen molar-refractivity contribution in [1.82, 2.24) is 4.90 Å². The molecule has 2 aromatic rings. The number of thiophene rings is 1. The number of carboxylic acids is 1. The molecule has 1 aliphatic heterocycles. The van der Waals surface area contributed by atoms with Crippen LogP contribution >= 0.6 is 11.3 Å². The minimum atomic E-state index is -0.804. The van der Waals surface area contributed by atoms with Crippen molar-refractivity contribution in [2.75, 3.05) is 32.8 Å². The van der Waals surface area contributed by atoms with Crippen LogP contribution in [0, 0.1) is 0 Å². The molecule has 1 unspecified atom stereocenters. The highest BCUT2D eigenvalue weighted by Crippen LogP contribution is 2.32. The van der Waals surface area contributed by atoms with Crippen LogP contribution in [-0.4, -0.2) is 48.8 Å². The lowest BCUT2D eigenvalue weighted by atomic mass is 9.97. The van der Waals surface area contributed by atoms with E-state index in [9.17, 15) is 9.90 Å². The number of rotatable bonds is 10. The molecule has 0 radical (unpaired) electrons. The van der Waals surface area contributed by atoms with Gasteiger partial charge in [0, 0.05) is 11.4 Å².